The number of fused-ring (bicyclic) bond motifs is 1. The van der Waals surface area contributed by atoms with Gasteiger partial charge in [0.1, 0.15) is 6.23 Å². The van der Waals surface area contributed by atoms with E-state index in [0.717, 1.165) is 49.5 Å². The van der Waals surface area contributed by atoms with Gasteiger partial charge < -0.3 is 9.64 Å². The van der Waals surface area contributed by atoms with E-state index in [0.29, 0.717) is 0 Å². The summed E-state index contributed by atoms with van der Waals surface area (Å²) in [6, 6.07) is 0. The zero-order valence-corrected chi connectivity index (χ0v) is 12.6. The molecule has 0 aliphatic carbocycles. The molecule has 1 unspecified atom stereocenters. The van der Waals surface area contributed by atoms with E-state index in [1.54, 1.807) is 0 Å². The Balaban J connectivity index is 1.79. The van der Waals surface area contributed by atoms with Gasteiger partial charge in [-0.05, 0) is 43.7 Å². The van der Waals surface area contributed by atoms with Gasteiger partial charge in [0, 0.05) is 19.7 Å². The summed E-state index contributed by atoms with van der Waals surface area (Å²) in [5.41, 5.74) is 1.61. The zero-order chi connectivity index (χ0) is 14.2. The predicted molar refractivity (Wildman–Crippen MR) is 80.6 cm³/mol. The fourth-order valence-corrected chi connectivity index (χ4v) is 3.34. The Morgan fingerprint density at radius 3 is 2.76 bits per heavy atom. The van der Waals surface area contributed by atoms with Crippen LogP contribution in [0.4, 0.5) is 5.82 Å². The Hall–Kier alpha value is -1.40. The van der Waals surface area contributed by atoms with E-state index in [-0.39, 0.29) is 11.5 Å². The number of imidazole rings is 1. The molecule has 2 aromatic rings. The average Bonchev–Trinajstić information content (AvgIpc) is 3.17. The number of aromatic nitrogens is 4. The fraction of sp³-hybridized carbons (Fsp3) is 0.643. The molecule has 0 aromatic carbocycles. The summed E-state index contributed by atoms with van der Waals surface area (Å²) >= 11 is 6.14. The summed E-state index contributed by atoms with van der Waals surface area (Å²) in [5.74, 6) is 0.858. The van der Waals surface area contributed by atoms with Gasteiger partial charge in [0.25, 0.3) is 0 Å². The summed E-state index contributed by atoms with van der Waals surface area (Å²) in [6.07, 6.45) is 7.49. The summed E-state index contributed by atoms with van der Waals surface area (Å²) < 4.78 is 7.84. The maximum absolute atomic E-state index is 6.14. The van der Waals surface area contributed by atoms with Gasteiger partial charge in [0.05, 0.1) is 6.33 Å². The standard InChI is InChI=1S/C14H18ClN5O/c15-14-17-12(19-6-2-3-7-19)11-13(18-14)20(9-16-11)10-5-1-4-8-21-10/h9-10H,1-8H2. The van der Waals surface area contributed by atoms with Crippen LogP contribution in [-0.4, -0.2) is 39.2 Å². The van der Waals surface area contributed by atoms with Crippen LogP contribution >= 0.6 is 11.6 Å². The summed E-state index contributed by atoms with van der Waals surface area (Å²) in [7, 11) is 0. The van der Waals surface area contributed by atoms with Gasteiger partial charge in [-0.2, -0.15) is 9.97 Å². The predicted octanol–water partition coefficient (Wildman–Crippen LogP) is 2.78. The van der Waals surface area contributed by atoms with Gasteiger partial charge in [-0.25, -0.2) is 4.98 Å². The molecule has 7 heteroatoms. The number of ether oxygens (including phenoxy) is 1. The van der Waals surface area contributed by atoms with Crippen molar-refractivity contribution in [3.8, 4) is 0 Å². The van der Waals surface area contributed by atoms with Gasteiger partial charge in [0.2, 0.25) is 5.28 Å². The fourth-order valence-electron chi connectivity index (χ4n) is 3.18. The minimum absolute atomic E-state index is 0.0149. The molecule has 0 bridgehead atoms. The maximum Gasteiger partial charge on any atom is 0.226 e. The van der Waals surface area contributed by atoms with Crippen LogP contribution in [0.1, 0.15) is 38.3 Å². The van der Waals surface area contributed by atoms with Crippen LogP contribution in [0.5, 0.6) is 0 Å². The average molecular weight is 308 g/mol. The van der Waals surface area contributed by atoms with E-state index >= 15 is 0 Å². The Kier molecular flexibility index (Phi) is 3.43. The lowest BCUT2D eigenvalue weighted by atomic mass is 10.2. The molecule has 4 heterocycles. The molecular weight excluding hydrogens is 290 g/mol. The second-order valence-electron chi connectivity index (χ2n) is 5.66. The Morgan fingerprint density at radius 1 is 1.14 bits per heavy atom. The van der Waals surface area contributed by atoms with Crippen molar-refractivity contribution in [2.24, 2.45) is 0 Å². The summed E-state index contributed by atoms with van der Waals surface area (Å²) in [6.45, 7) is 2.81. The molecule has 6 nitrogen and oxygen atoms in total. The highest BCUT2D eigenvalue weighted by Crippen LogP contribution is 2.31. The normalized spacial score (nSPS) is 23.1. The third-order valence-electron chi connectivity index (χ3n) is 4.25. The molecule has 112 valence electrons. The van der Waals surface area contributed by atoms with Crippen molar-refractivity contribution >= 4 is 28.6 Å². The van der Waals surface area contributed by atoms with Crippen LogP contribution < -0.4 is 4.90 Å². The largest absolute Gasteiger partial charge is 0.358 e. The Labute approximate surface area is 128 Å². The van der Waals surface area contributed by atoms with Crippen LogP contribution in [0, 0.1) is 0 Å². The van der Waals surface area contributed by atoms with Crippen LogP contribution in [0.15, 0.2) is 6.33 Å². The smallest absolute Gasteiger partial charge is 0.226 e. The molecule has 2 fully saturated rings. The van der Waals surface area contributed by atoms with Crippen molar-refractivity contribution in [1.29, 1.82) is 0 Å². The quantitative estimate of drug-likeness (QED) is 0.799. The van der Waals surface area contributed by atoms with Crippen molar-refractivity contribution in [2.45, 2.75) is 38.3 Å². The first-order valence-corrected chi connectivity index (χ1v) is 7.97. The van der Waals surface area contributed by atoms with Crippen molar-refractivity contribution in [2.75, 3.05) is 24.6 Å². The number of anilines is 1. The Bertz CT molecular complexity index is 646. The molecule has 21 heavy (non-hydrogen) atoms. The lowest BCUT2D eigenvalue weighted by Crippen LogP contribution is -2.20. The number of hydrogen-bond acceptors (Lipinski definition) is 5. The molecule has 0 N–H and O–H groups in total. The molecule has 2 aliphatic heterocycles. The highest BCUT2D eigenvalue weighted by Gasteiger charge is 2.24. The van der Waals surface area contributed by atoms with Crippen LogP contribution in [0.25, 0.3) is 11.2 Å². The zero-order valence-electron chi connectivity index (χ0n) is 11.8. The molecule has 2 aliphatic rings. The van der Waals surface area contributed by atoms with Crippen molar-refractivity contribution in [1.82, 2.24) is 19.5 Å². The van der Waals surface area contributed by atoms with Gasteiger partial charge in [-0.1, -0.05) is 0 Å². The topological polar surface area (TPSA) is 56.1 Å². The second-order valence-corrected chi connectivity index (χ2v) is 5.99. The molecule has 0 spiro atoms. The second kappa shape index (κ2) is 5.42. The van der Waals surface area contributed by atoms with E-state index in [9.17, 15) is 0 Å². The lowest BCUT2D eigenvalue weighted by molar-refractivity contribution is -0.0298. The monoisotopic (exact) mass is 307 g/mol. The highest BCUT2D eigenvalue weighted by molar-refractivity contribution is 6.28. The summed E-state index contributed by atoms with van der Waals surface area (Å²) in [5, 5.41) is 0.280. The first kappa shape index (κ1) is 13.3. The minimum Gasteiger partial charge on any atom is -0.358 e. The van der Waals surface area contributed by atoms with E-state index in [1.165, 1.54) is 19.3 Å². The van der Waals surface area contributed by atoms with Gasteiger partial charge in [0.15, 0.2) is 17.0 Å². The number of hydrogen-bond donors (Lipinski definition) is 0. The molecule has 0 radical (unpaired) electrons. The van der Waals surface area contributed by atoms with Crippen LogP contribution in [-0.2, 0) is 4.74 Å². The minimum atomic E-state index is 0.0149. The van der Waals surface area contributed by atoms with E-state index in [4.69, 9.17) is 16.3 Å². The highest BCUT2D eigenvalue weighted by atomic mass is 35.5. The Morgan fingerprint density at radius 2 is 2.00 bits per heavy atom. The van der Waals surface area contributed by atoms with E-state index in [2.05, 4.69) is 19.9 Å². The first-order chi connectivity index (χ1) is 10.3. The maximum atomic E-state index is 6.14. The van der Waals surface area contributed by atoms with E-state index in [1.807, 2.05) is 10.9 Å². The molecule has 2 saturated heterocycles. The van der Waals surface area contributed by atoms with Crippen molar-refractivity contribution in [3.63, 3.8) is 0 Å². The third kappa shape index (κ3) is 2.36. The van der Waals surface area contributed by atoms with Gasteiger partial charge >= 0.3 is 0 Å². The van der Waals surface area contributed by atoms with Gasteiger partial charge in [-0.15, -0.1) is 0 Å². The molecule has 0 saturated carbocycles. The third-order valence-corrected chi connectivity index (χ3v) is 4.42. The molecule has 4 rings (SSSR count). The summed E-state index contributed by atoms with van der Waals surface area (Å²) in [4.78, 5) is 15.6. The van der Waals surface area contributed by atoms with Crippen molar-refractivity contribution < 1.29 is 4.74 Å². The molecule has 2 aromatic heterocycles. The number of rotatable bonds is 2. The molecular formula is C14H18ClN5O. The molecule has 1 atom stereocenters. The van der Waals surface area contributed by atoms with Gasteiger partial charge in [-0.3, -0.25) is 4.57 Å². The van der Waals surface area contributed by atoms with Crippen LogP contribution in [0.3, 0.4) is 0 Å². The first-order valence-electron chi connectivity index (χ1n) is 7.59. The lowest BCUT2D eigenvalue weighted by Gasteiger charge is -2.24. The molecule has 0 amide bonds. The number of halogens is 1. The number of nitrogens with zero attached hydrogens (tertiary/aromatic N) is 5. The SMILES string of the molecule is Clc1nc(N2CCCC2)c2ncn(C3CCCCO3)c2n1. The van der Waals surface area contributed by atoms with Crippen molar-refractivity contribution in [3.05, 3.63) is 11.6 Å². The van der Waals surface area contributed by atoms with Crippen LogP contribution in [0.2, 0.25) is 5.28 Å². The van der Waals surface area contributed by atoms with E-state index < -0.39 is 0 Å².